The quantitative estimate of drug-likeness (QED) is 0.492. The molecular weight excluding hydrogens is 265 g/mol. The Morgan fingerprint density at radius 1 is 1.29 bits per heavy atom. The van der Waals surface area contributed by atoms with E-state index in [0.29, 0.717) is 27.8 Å². The van der Waals surface area contributed by atoms with Gasteiger partial charge in [0, 0.05) is 5.92 Å². The molecule has 1 N–H and O–H groups in total. The Hall–Kier alpha value is -1.10. The maximum Gasteiger partial charge on any atom is 0.233 e. The monoisotopic (exact) mass is 275 g/mol. The predicted octanol–water partition coefficient (Wildman–Crippen LogP) is 2.20. The standard InChI is InChI=1S/C11H11Cl2NO3/c12-10-2-1-8(4-11(10)13)3-9(6-15)5-14(17)7-16/h1-2,4,6-7,9,17H,3,5H2. The second-order valence-electron chi connectivity index (χ2n) is 3.58. The molecule has 1 amide bonds. The third-order valence-corrected chi connectivity index (χ3v) is 2.96. The number of carbonyl (C=O) groups excluding carboxylic acids is 2. The van der Waals surface area contributed by atoms with Crippen molar-refractivity contribution in [2.75, 3.05) is 6.54 Å². The highest BCUT2D eigenvalue weighted by Crippen LogP contribution is 2.23. The fourth-order valence-corrected chi connectivity index (χ4v) is 1.73. The molecule has 0 saturated carbocycles. The van der Waals surface area contributed by atoms with E-state index >= 15 is 0 Å². The topological polar surface area (TPSA) is 57.6 Å². The van der Waals surface area contributed by atoms with E-state index in [4.69, 9.17) is 28.4 Å². The van der Waals surface area contributed by atoms with E-state index < -0.39 is 5.92 Å². The minimum Gasteiger partial charge on any atom is -0.303 e. The van der Waals surface area contributed by atoms with Crippen LogP contribution < -0.4 is 0 Å². The summed E-state index contributed by atoms with van der Waals surface area (Å²) in [6, 6.07) is 5.04. The molecule has 1 aromatic carbocycles. The number of aldehydes is 1. The smallest absolute Gasteiger partial charge is 0.233 e. The molecule has 0 heterocycles. The number of nitrogens with zero attached hydrogens (tertiary/aromatic N) is 1. The van der Waals surface area contributed by atoms with Gasteiger partial charge in [-0.25, -0.2) is 5.06 Å². The minimum absolute atomic E-state index is 0.0484. The van der Waals surface area contributed by atoms with Gasteiger partial charge in [0.15, 0.2) is 0 Å². The lowest BCUT2D eigenvalue weighted by Gasteiger charge is -2.14. The summed E-state index contributed by atoms with van der Waals surface area (Å²) < 4.78 is 0. The molecule has 0 bridgehead atoms. The van der Waals surface area contributed by atoms with Crippen LogP contribution in [0.5, 0.6) is 0 Å². The van der Waals surface area contributed by atoms with Crippen molar-refractivity contribution in [1.82, 2.24) is 5.06 Å². The average molecular weight is 276 g/mol. The first kappa shape index (κ1) is 14.0. The highest BCUT2D eigenvalue weighted by Gasteiger charge is 2.12. The molecule has 17 heavy (non-hydrogen) atoms. The number of rotatable bonds is 6. The number of hydrogen-bond acceptors (Lipinski definition) is 3. The summed E-state index contributed by atoms with van der Waals surface area (Å²) in [7, 11) is 0. The Balaban J connectivity index is 2.70. The van der Waals surface area contributed by atoms with E-state index in [1.165, 1.54) is 0 Å². The summed E-state index contributed by atoms with van der Waals surface area (Å²) >= 11 is 11.6. The Kier molecular flexibility index (Phi) is 5.41. The lowest BCUT2D eigenvalue weighted by atomic mass is 10.0. The molecule has 0 aromatic heterocycles. The number of hydrogen-bond donors (Lipinski definition) is 1. The van der Waals surface area contributed by atoms with Crippen molar-refractivity contribution < 1.29 is 14.8 Å². The van der Waals surface area contributed by atoms with Crippen LogP contribution in [0.2, 0.25) is 10.0 Å². The third kappa shape index (κ3) is 4.34. The van der Waals surface area contributed by atoms with Gasteiger partial charge in [-0.3, -0.25) is 10.0 Å². The van der Waals surface area contributed by atoms with E-state index in [2.05, 4.69) is 0 Å². The fraction of sp³-hybridized carbons (Fsp3) is 0.273. The highest BCUT2D eigenvalue weighted by molar-refractivity contribution is 6.42. The van der Waals surface area contributed by atoms with Gasteiger partial charge >= 0.3 is 0 Å². The zero-order valence-electron chi connectivity index (χ0n) is 8.85. The van der Waals surface area contributed by atoms with Crippen LogP contribution in [-0.2, 0) is 16.0 Å². The third-order valence-electron chi connectivity index (χ3n) is 2.22. The molecule has 92 valence electrons. The van der Waals surface area contributed by atoms with Crippen LogP contribution in [0.1, 0.15) is 5.56 Å². The Morgan fingerprint density at radius 2 is 2.00 bits per heavy atom. The molecule has 4 nitrogen and oxygen atoms in total. The fourth-order valence-electron chi connectivity index (χ4n) is 1.41. The molecule has 0 radical (unpaired) electrons. The van der Waals surface area contributed by atoms with Crippen molar-refractivity contribution in [2.24, 2.45) is 5.92 Å². The van der Waals surface area contributed by atoms with Crippen molar-refractivity contribution in [1.29, 1.82) is 0 Å². The predicted molar refractivity (Wildman–Crippen MR) is 64.3 cm³/mol. The van der Waals surface area contributed by atoms with Gasteiger partial charge in [0.2, 0.25) is 6.41 Å². The van der Waals surface area contributed by atoms with Crippen LogP contribution in [0.15, 0.2) is 18.2 Å². The molecule has 1 rings (SSSR count). The van der Waals surface area contributed by atoms with E-state index in [1.54, 1.807) is 18.2 Å². The zero-order valence-corrected chi connectivity index (χ0v) is 10.4. The Bertz CT molecular complexity index is 412. The molecule has 1 aromatic rings. The largest absolute Gasteiger partial charge is 0.303 e. The van der Waals surface area contributed by atoms with Crippen LogP contribution in [0.25, 0.3) is 0 Å². The molecule has 1 unspecified atom stereocenters. The Labute approximate surface area is 109 Å². The van der Waals surface area contributed by atoms with Gasteiger partial charge in [0.25, 0.3) is 0 Å². The maximum atomic E-state index is 10.8. The highest BCUT2D eigenvalue weighted by atomic mass is 35.5. The maximum absolute atomic E-state index is 10.8. The summed E-state index contributed by atoms with van der Waals surface area (Å²) in [4.78, 5) is 21.0. The van der Waals surface area contributed by atoms with Gasteiger partial charge in [-0.2, -0.15) is 0 Å². The first-order valence-corrected chi connectivity index (χ1v) is 5.62. The van der Waals surface area contributed by atoms with Gasteiger partial charge in [-0.05, 0) is 24.1 Å². The van der Waals surface area contributed by atoms with Crippen LogP contribution in [0.4, 0.5) is 0 Å². The summed E-state index contributed by atoms with van der Waals surface area (Å²) in [5.74, 6) is -0.484. The van der Waals surface area contributed by atoms with E-state index in [9.17, 15) is 9.59 Å². The number of carbonyl (C=O) groups is 2. The number of amides is 1. The summed E-state index contributed by atoms with van der Waals surface area (Å²) in [6.07, 6.45) is 1.33. The van der Waals surface area contributed by atoms with Crippen molar-refractivity contribution in [2.45, 2.75) is 6.42 Å². The second kappa shape index (κ2) is 6.59. The lowest BCUT2D eigenvalue weighted by Crippen LogP contribution is -2.27. The average Bonchev–Trinajstić information content (AvgIpc) is 2.32. The van der Waals surface area contributed by atoms with Crippen LogP contribution >= 0.6 is 23.2 Å². The van der Waals surface area contributed by atoms with Crippen molar-refractivity contribution in [3.05, 3.63) is 33.8 Å². The molecule has 0 aliphatic heterocycles. The van der Waals surface area contributed by atoms with Crippen LogP contribution in [0, 0.1) is 5.92 Å². The summed E-state index contributed by atoms with van der Waals surface area (Å²) in [6.45, 7) is -0.0484. The number of hydroxylamine groups is 2. The molecule has 0 aliphatic carbocycles. The Morgan fingerprint density at radius 3 is 2.53 bits per heavy atom. The number of halogens is 2. The number of benzene rings is 1. The summed E-state index contributed by atoms with van der Waals surface area (Å²) in [5.41, 5.74) is 0.816. The first-order chi connectivity index (χ1) is 8.06. The van der Waals surface area contributed by atoms with E-state index in [0.717, 1.165) is 5.56 Å². The van der Waals surface area contributed by atoms with Crippen molar-refractivity contribution >= 4 is 35.9 Å². The molecule has 6 heteroatoms. The molecule has 0 fully saturated rings. The lowest BCUT2D eigenvalue weighted by molar-refractivity contribution is -0.152. The van der Waals surface area contributed by atoms with Gasteiger partial charge < -0.3 is 4.79 Å². The minimum atomic E-state index is -0.484. The second-order valence-corrected chi connectivity index (χ2v) is 4.39. The van der Waals surface area contributed by atoms with Crippen LogP contribution in [0.3, 0.4) is 0 Å². The van der Waals surface area contributed by atoms with Gasteiger partial charge in [0.1, 0.15) is 6.29 Å². The van der Waals surface area contributed by atoms with Crippen molar-refractivity contribution in [3.8, 4) is 0 Å². The van der Waals surface area contributed by atoms with Gasteiger partial charge in [-0.15, -0.1) is 0 Å². The first-order valence-electron chi connectivity index (χ1n) is 4.87. The molecular formula is C11H11Cl2NO3. The SMILES string of the molecule is O=CC(Cc1ccc(Cl)c(Cl)c1)CN(O)C=O. The zero-order chi connectivity index (χ0) is 12.8. The normalized spacial score (nSPS) is 11.9. The van der Waals surface area contributed by atoms with E-state index in [1.807, 2.05) is 0 Å². The van der Waals surface area contributed by atoms with Crippen molar-refractivity contribution in [3.63, 3.8) is 0 Å². The molecule has 0 spiro atoms. The van der Waals surface area contributed by atoms with Crippen LogP contribution in [-0.4, -0.2) is 29.5 Å². The van der Waals surface area contributed by atoms with Gasteiger partial charge in [-0.1, -0.05) is 29.3 Å². The van der Waals surface area contributed by atoms with E-state index in [-0.39, 0.29) is 13.0 Å². The molecule has 1 atom stereocenters. The van der Waals surface area contributed by atoms with Gasteiger partial charge in [0.05, 0.1) is 16.6 Å². The molecule has 0 saturated heterocycles. The molecule has 0 aliphatic rings. The summed E-state index contributed by atoms with van der Waals surface area (Å²) in [5, 5.41) is 10.3.